The number of carbonyl (C=O) groups is 4. The van der Waals surface area contributed by atoms with Crippen LogP contribution in [0.4, 0.5) is 0 Å². The maximum atomic E-state index is 10.4. The Balaban J connectivity index is 0.000000639. The second-order valence-electron chi connectivity index (χ2n) is 10.3. The maximum Gasteiger partial charge on any atom is 0.335 e. The Bertz CT molecular complexity index is 1390. The van der Waals surface area contributed by atoms with Crippen LogP contribution in [-0.4, -0.2) is 120 Å². The number of rotatable bonds is 12. The lowest BCUT2D eigenvalue weighted by atomic mass is 9.93. The number of carboxylic acids is 4. The number of hydrogen-bond donors (Lipinski definition) is 8. The predicted molar refractivity (Wildman–Crippen MR) is 191 cm³/mol. The largest absolute Gasteiger partial charge is 0.497 e. The summed E-state index contributed by atoms with van der Waals surface area (Å²) in [6, 6.07) is 24.9. The van der Waals surface area contributed by atoms with Gasteiger partial charge in [0.1, 0.15) is 23.0 Å². The standard InChI is InChI=1S/4C8H8O3.C5H12O4/c4*1-11-7-4-2-6(3-5-7)8(9)10;6-1-5(2-7,3-8)4-9/h4*2-5H,1H3,(H,9,10);6-9H,1-4H2. The van der Waals surface area contributed by atoms with Crippen LogP contribution in [0.2, 0.25) is 0 Å². The van der Waals surface area contributed by atoms with E-state index in [2.05, 4.69) is 0 Å². The van der Waals surface area contributed by atoms with Gasteiger partial charge in [-0.25, -0.2) is 19.2 Å². The van der Waals surface area contributed by atoms with Crippen molar-refractivity contribution in [3.63, 3.8) is 0 Å². The molecule has 0 aliphatic carbocycles. The van der Waals surface area contributed by atoms with Crippen LogP contribution in [0.15, 0.2) is 97.1 Å². The van der Waals surface area contributed by atoms with Crippen molar-refractivity contribution in [2.45, 2.75) is 0 Å². The molecular weight excluding hydrogens is 700 g/mol. The van der Waals surface area contributed by atoms with E-state index in [1.807, 2.05) is 0 Å². The van der Waals surface area contributed by atoms with Gasteiger partial charge in [0.2, 0.25) is 0 Å². The Hall–Kier alpha value is -6.20. The van der Waals surface area contributed by atoms with Crippen molar-refractivity contribution in [3.8, 4) is 23.0 Å². The maximum absolute atomic E-state index is 10.4. The summed E-state index contributed by atoms with van der Waals surface area (Å²) in [6.07, 6.45) is 0. The highest BCUT2D eigenvalue weighted by molar-refractivity contribution is 5.89. The minimum atomic E-state index is -1.11. The summed E-state index contributed by atoms with van der Waals surface area (Å²) in [7, 11) is 6.15. The van der Waals surface area contributed by atoms with E-state index in [-0.39, 0.29) is 22.3 Å². The van der Waals surface area contributed by atoms with Gasteiger partial charge in [-0.05, 0) is 97.1 Å². The summed E-state index contributed by atoms with van der Waals surface area (Å²) in [6.45, 7) is -1.62. The lowest BCUT2D eigenvalue weighted by molar-refractivity contribution is -0.0328. The summed E-state index contributed by atoms with van der Waals surface area (Å²) < 4.78 is 19.4. The molecule has 53 heavy (non-hydrogen) atoms. The third-order valence-electron chi connectivity index (χ3n) is 6.69. The van der Waals surface area contributed by atoms with Crippen molar-refractivity contribution in [1.29, 1.82) is 0 Å². The average molecular weight is 745 g/mol. The highest BCUT2D eigenvalue weighted by Gasteiger charge is 2.26. The molecule has 0 bridgehead atoms. The average Bonchev–Trinajstić information content (AvgIpc) is 3.20. The number of benzene rings is 4. The third-order valence-corrected chi connectivity index (χ3v) is 6.69. The number of aromatic carboxylic acids is 4. The molecule has 0 radical (unpaired) electrons. The smallest absolute Gasteiger partial charge is 0.335 e. The van der Waals surface area contributed by atoms with E-state index >= 15 is 0 Å². The van der Waals surface area contributed by atoms with E-state index in [0.717, 1.165) is 0 Å². The lowest BCUT2D eigenvalue weighted by Gasteiger charge is -2.23. The van der Waals surface area contributed by atoms with Crippen molar-refractivity contribution in [2.24, 2.45) is 5.41 Å². The monoisotopic (exact) mass is 744 g/mol. The Kier molecular flexibility index (Phi) is 22.7. The van der Waals surface area contributed by atoms with Crippen LogP contribution in [-0.2, 0) is 0 Å². The fourth-order valence-corrected chi connectivity index (χ4v) is 3.23. The minimum absolute atomic E-state index is 0.269. The number of hydrogen-bond acceptors (Lipinski definition) is 12. The SMILES string of the molecule is COc1ccc(C(=O)O)cc1.COc1ccc(C(=O)O)cc1.COc1ccc(C(=O)O)cc1.COc1ccc(C(=O)O)cc1.OCC(CO)(CO)CO. The first-order chi connectivity index (χ1) is 25.2. The third kappa shape index (κ3) is 18.0. The molecule has 0 aromatic heterocycles. The number of ether oxygens (including phenoxy) is 4. The van der Waals surface area contributed by atoms with Gasteiger partial charge < -0.3 is 59.8 Å². The van der Waals surface area contributed by atoms with Crippen molar-refractivity contribution in [3.05, 3.63) is 119 Å². The number of carboxylic acid groups (broad SMARTS) is 4. The number of aliphatic hydroxyl groups is 4. The molecule has 4 aromatic carbocycles. The van der Waals surface area contributed by atoms with Gasteiger partial charge in [0.25, 0.3) is 0 Å². The molecule has 0 saturated heterocycles. The lowest BCUT2D eigenvalue weighted by Crippen LogP contribution is -2.37. The van der Waals surface area contributed by atoms with Gasteiger partial charge in [0.05, 0.1) is 82.5 Å². The molecule has 0 spiro atoms. The van der Waals surface area contributed by atoms with E-state index in [9.17, 15) is 19.2 Å². The molecule has 0 saturated carbocycles. The van der Waals surface area contributed by atoms with Crippen LogP contribution in [0, 0.1) is 5.41 Å². The first-order valence-electron chi connectivity index (χ1n) is 15.1. The molecule has 0 atom stereocenters. The fraction of sp³-hybridized carbons (Fsp3) is 0.243. The molecule has 16 nitrogen and oxygen atoms in total. The van der Waals surface area contributed by atoms with E-state index < -0.39 is 55.7 Å². The van der Waals surface area contributed by atoms with Crippen LogP contribution in [0.3, 0.4) is 0 Å². The normalized spacial score (nSPS) is 9.66. The zero-order valence-corrected chi connectivity index (χ0v) is 29.4. The molecule has 4 rings (SSSR count). The Morgan fingerprint density at radius 2 is 0.528 bits per heavy atom. The summed E-state index contributed by atoms with van der Waals surface area (Å²) in [5.41, 5.74) is -0.0341. The molecule has 16 heteroatoms. The highest BCUT2D eigenvalue weighted by atomic mass is 16.5. The Morgan fingerprint density at radius 3 is 0.604 bits per heavy atom. The fourth-order valence-electron chi connectivity index (χ4n) is 3.23. The topological polar surface area (TPSA) is 267 Å². The zero-order chi connectivity index (χ0) is 40.4. The van der Waals surface area contributed by atoms with Crippen molar-refractivity contribution in [2.75, 3.05) is 54.9 Å². The molecule has 0 heterocycles. The molecule has 4 aromatic rings. The molecule has 288 valence electrons. The molecule has 0 fully saturated rings. The zero-order valence-electron chi connectivity index (χ0n) is 29.4. The molecule has 0 aliphatic rings. The van der Waals surface area contributed by atoms with Gasteiger partial charge in [0, 0.05) is 0 Å². The number of aliphatic hydroxyl groups excluding tert-OH is 4. The first kappa shape index (κ1) is 46.8. The van der Waals surface area contributed by atoms with E-state index in [1.165, 1.54) is 77.0 Å². The first-order valence-corrected chi connectivity index (χ1v) is 15.1. The van der Waals surface area contributed by atoms with Crippen LogP contribution in [0.1, 0.15) is 41.4 Å². The summed E-state index contributed by atoms with van der Waals surface area (Å²) in [5, 5.41) is 68.0. The van der Waals surface area contributed by atoms with Gasteiger partial charge >= 0.3 is 23.9 Å². The van der Waals surface area contributed by atoms with Gasteiger partial charge in [0.15, 0.2) is 0 Å². The minimum Gasteiger partial charge on any atom is -0.497 e. The van der Waals surface area contributed by atoms with Crippen LogP contribution in [0.5, 0.6) is 23.0 Å². The van der Waals surface area contributed by atoms with Crippen LogP contribution in [0.25, 0.3) is 0 Å². The molecule has 8 N–H and O–H groups in total. The van der Waals surface area contributed by atoms with E-state index in [1.54, 1.807) is 48.5 Å². The summed E-state index contributed by atoms with van der Waals surface area (Å²) in [4.78, 5) is 41.4. The van der Waals surface area contributed by atoms with E-state index in [4.69, 9.17) is 59.8 Å². The van der Waals surface area contributed by atoms with Gasteiger partial charge in [-0.3, -0.25) is 0 Å². The van der Waals surface area contributed by atoms with Gasteiger partial charge in [-0.1, -0.05) is 0 Å². The van der Waals surface area contributed by atoms with Crippen molar-refractivity contribution < 1.29 is 79.0 Å². The number of methoxy groups -OCH3 is 4. The van der Waals surface area contributed by atoms with Crippen LogP contribution < -0.4 is 18.9 Å². The Morgan fingerprint density at radius 1 is 0.377 bits per heavy atom. The van der Waals surface area contributed by atoms with Gasteiger partial charge in [-0.2, -0.15) is 0 Å². The predicted octanol–water partition coefficient (Wildman–Crippen LogP) is 3.52. The second kappa shape index (κ2) is 25.7. The molecule has 0 unspecified atom stereocenters. The van der Waals surface area contributed by atoms with E-state index in [0.29, 0.717) is 23.0 Å². The van der Waals surface area contributed by atoms with Gasteiger partial charge in [-0.15, -0.1) is 0 Å². The van der Waals surface area contributed by atoms with Crippen molar-refractivity contribution in [1.82, 2.24) is 0 Å². The van der Waals surface area contributed by atoms with Crippen LogP contribution >= 0.6 is 0 Å². The summed E-state index contributed by atoms with van der Waals surface area (Å²) in [5.74, 6) is -1.05. The quantitative estimate of drug-likeness (QED) is 0.103. The summed E-state index contributed by atoms with van der Waals surface area (Å²) >= 11 is 0. The molecule has 0 amide bonds. The Labute approximate surface area is 305 Å². The molecule has 0 aliphatic heterocycles. The second-order valence-corrected chi connectivity index (χ2v) is 10.3. The van der Waals surface area contributed by atoms with Crippen molar-refractivity contribution >= 4 is 23.9 Å². The molecular formula is C37H44O16. The highest BCUT2D eigenvalue weighted by Crippen LogP contribution is 2.14.